The number of nitrogens with zero attached hydrogens (tertiary/aromatic N) is 2. The van der Waals surface area contributed by atoms with Crippen LogP contribution in [0, 0.1) is 5.41 Å². The van der Waals surface area contributed by atoms with E-state index in [9.17, 15) is 21.6 Å². The maximum absolute atomic E-state index is 12.9. The van der Waals surface area contributed by atoms with Gasteiger partial charge in [0.25, 0.3) is 0 Å². The number of amides is 1. The van der Waals surface area contributed by atoms with Crippen LogP contribution in [-0.4, -0.2) is 66.2 Å². The van der Waals surface area contributed by atoms with E-state index in [1.165, 1.54) is 24.3 Å². The Labute approximate surface area is 193 Å². The number of rotatable bonds is 7. The van der Waals surface area contributed by atoms with Crippen molar-refractivity contribution in [3.8, 4) is 0 Å². The molecule has 1 aromatic heterocycles. The van der Waals surface area contributed by atoms with Crippen molar-refractivity contribution in [1.29, 1.82) is 0 Å². The predicted octanol–water partition coefficient (Wildman–Crippen LogP) is 1.33. The predicted molar refractivity (Wildman–Crippen MR) is 121 cm³/mol. The molecule has 2 saturated heterocycles. The molecule has 3 heterocycles. The lowest BCUT2D eigenvalue weighted by Gasteiger charge is -2.33. The molecule has 0 radical (unpaired) electrons. The Balaban J connectivity index is 1.51. The van der Waals surface area contributed by atoms with E-state index >= 15 is 0 Å². The van der Waals surface area contributed by atoms with Gasteiger partial charge < -0.3 is 9.15 Å². The first-order valence-corrected chi connectivity index (χ1v) is 13.6. The zero-order valence-electron chi connectivity index (χ0n) is 18.4. The van der Waals surface area contributed by atoms with Gasteiger partial charge in [0, 0.05) is 19.6 Å². The van der Waals surface area contributed by atoms with Crippen LogP contribution in [0.1, 0.15) is 25.6 Å². The zero-order valence-corrected chi connectivity index (χ0v) is 20.1. The van der Waals surface area contributed by atoms with E-state index in [2.05, 4.69) is 9.62 Å². The average molecular weight is 498 g/mol. The van der Waals surface area contributed by atoms with Crippen molar-refractivity contribution in [2.45, 2.75) is 24.8 Å². The molecule has 1 amide bonds. The van der Waals surface area contributed by atoms with E-state index in [1.54, 1.807) is 32.2 Å². The number of morpholine rings is 1. The van der Waals surface area contributed by atoms with Gasteiger partial charge in [-0.3, -0.25) is 9.69 Å². The number of carbonyl (C=O) groups excluding carboxylic acids is 1. The van der Waals surface area contributed by atoms with Gasteiger partial charge in [0.15, 0.2) is 0 Å². The maximum atomic E-state index is 12.9. The molecule has 0 aliphatic carbocycles. The smallest absolute Gasteiger partial charge is 0.247 e. The number of nitrogens with one attached hydrogen (secondary N) is 1. The zero-order chi connectivity index (χ0) is 23.9. The highest BCUT2D eigenvalue weighted by Gasteiger charge is 2.49. The molecule has 1 N–H and O–H groups in total. The molecule has 2 aromatic rings. The highest BCUT2D eigenvalue weighted by Crippen LogP contribution is 2.36. The van der Waals surface area contributed by atoms with Crippen LogP contribution in [0.4, 0.5) is 5.69 Å². The van der Waals surface area contributed by atoms with Crippen LogP contribution in [0.5, 0.6) is 0 Å². The maximum Gasteiger partial charge on any atom is 0.247 e. The summed E-state index contributed by atoms with van der Waals surface area (Å²) >= 11 is 0. The Kier molecular flexibility index (Phi) is 6.40. The van der Waals surface area contributed by atoms with E-state index in [-0.39, 0.29) is 28.9 Å². The highest BCUT2D eigenvalue weighted by atomic mass is 32.2. The first kappa shape index (κ1) is 23.9. The van der Waals surface area contributed by atoms with Crippen LogP contribution in [0.2, 0.25) is 0 Å². The van der Waals surface area contributed by atoms with Crippen molar-refractivity contribution < 1.29 is 30.8 Å². The van der Waals surface area contributed by atoms with Crippen LogP contribution in [-0.2, 0) is 29.6 Å². The van der Waals surface area contributed by atoms with Crippen LogP contribution in [0.15, 0.2) is 52.0 Å². The summed E-state index contributed by atoms with van der Waals surface area (Å²) in [7, 11) is -7.70. The fraction of sp³-hybridized carbons (Fsp3) is 0.476. The lowest BCUT2D eigenvalue weighted by atomic mass is 9.95. The quantitative estimate of drug-likeness (QED) is 0.607. The van der Waals surface area contributed by atoms with Crippen molar-refractivity contribution in [2.24, 2.45) is 5.41 Å². The molecule has 0 bridgehead atoms. The van der Waals surface area contributed by atoms with Gasteiger partial charge in [-0.1, -0.05) is 0 Å². The van der Waals surface area contributed by atoms with Gasteiger partial charge in [-0.25, -0.2) is 25.9 Å². The largest absolute Gasteiger partial charge is 0.468 e. The number of carbonyl (C=O) groups is 1. The summed E-state index contributed by atoms with van der Waals surface area (Å²) in [6.45, 7) is 5.64. The molecule has 0 saturated carbocycles. The topological polar surface area (TPSA) is 126 Å². The molecule has 2 aliphatic heterocycles. The first-order chi connectivity index (χ1) is 15.5. The molecule has 1 atom stereocenters. The standard InChI is InChI=1S/C21H27N3O7S2/c1-21(2)15-32(26,27)24(20(21)25)16-5-7-17(8-6-16)33(28,29)22-14-18(19-4-3-11-31-19)23-9-12-30-13-10-23/h3-8,11,18,22H,9-10,12-15H2,1-2H3. The van der Waals surface area contributed by atoms with Crippen LogP contribution in [0.3, 0.4) is 0 Å². The molecule has 1 unspecified atom stereocenters. The molecular weight excluding hydrogens is 470 g/mol. The third kappa shape index (κ3) is 4.85. The Morgan fingerprint density at radius 1 is 1.12 bits per heavy atom. The minimum Gasteiger partial charge on any atom is -0.468 e. The lowest BCUT2D eigenvalue weighted by molar-refractivity contribution is -0.123. The van der Waals surface area contributed by atoms with E-state index < -0.39 is 31.4 Å². The number of anilines is 1. The van der Waals surface area contributed by atoms with E-state index in [0.29, 0.717) is 32.1 Å². The molecule has 180 valence electrons. The van der Waals surface area contributed by atoms with E-state index in [1.807, 2.05) is 0 Å². The Morgan fingerprint density at radius 3 is 2.33 bits per heavy atom. The second-order valence-electron chi connectivity index (χ2n) is 8.74. The number of sulfonamides is 2. The van der Waals surface area contributed by atoms with Gasteiger partial charge in [-0.15, -0.1) is 0 Å². The molecule has 0 spiro atoms. The van der Waals surface area contributed by atoms with E-state index in [0.717, 1.165) is 4.31 Å². The molecular formula is C21H27N3O7S2. The van der Waals surface area contributed by atoms with Gasteiger partial charge in [-0.2, -0.15) is 0 Å². The summed E-state index contributed by atoms with van der Waals surface area (Å²) in [4.78, 5) is 14.6. The third-order valence-electron chi connectivity index (χ3n) is 5.79. The SMILES string of the molecule is CC1(C)CS(=O)(=O)N(c2ccc(S(=O)(=O)NCC(c3ccco3)N3CCOCC3)cc2)C1=O. The number of furan rings is 1. The Bertz CT molecular complexity index is 1200. The van der Waals surface area contributed by atoms with Crippen molar-refractivity contribution in [3.05, 3.63) is 48.4 Å². The Hall–Kier alpha value is -2.25. The number of hydrogen-bond donors (Lipinski definition) is 1. The minimum absolute atomic E-state index is 0.0327. The van der Waals surface area contributed by atoms with Crippen molar-refractivity contribution in [2.75, 3.05) is 42.9 Å². The summed E-state index contributed by atoms with van der Waals surface area (Å²) in [5, 5.41) is 0. The second kappa shape index (κ2) is 8.84. The fourth-order valence-corrected chi connectivity index (χ4v) is 7.22. The minimum atomic E-state index is -3.89. The summed E-state index contributed by atoms with van der Waals surface area (Å²) in [5.41, 5.74) is -0.919. The van der Waals surface area contributed by atoms with Crippen molar-refractivity contribution in [3.63, 3.8) is 0 Å². The van der Waals surface area contributed by atoms with Gasteiger partial charge in [0.05, 0.1) is 47.3 Å². The summed E-state index contributed by atoms with van der Waals surface area (Å²) < 4.78 is 65.1. The fourth-order valence-electron chi connectivity index (χ4n) is 4.07. The summed E-state index contributed by atoms with van der Waals surface area (Å²) in [5.74, 6) is -0.186. The van der Waals surface area contributed by atoms with Crippen LogP contribution < -0.4 is 9.03 Å². The van der Waals surface area contributed by atoms with Gasteiger partial charge in [0.1, 0.15) is 5.76 Å². The van der Waals surface area contributed by atoms with Crippen molar-refractivity contribution >= 4 is 31.6 Å². The normalized spacial score (nSPS) is 21.9. The number of hydrogen-bond acceptors (Lipinski definition) is 8. The third-order valence-corrected chi connectivity index (χ3v) is 9.25. The summed E-state index contributed by atoms with van der Waals surface area (Å²) in [6.07, 6.45) is 1.55. The first-order valence-electron chi connectivity index (χ1n) is 10.5. The average Bonchev–Trinajstić information content (AvgIpc) is 3.33. The molecule has 33 heavy (non-hydrogen) atoms. The second-order valence-corrected chi connectivity index (χ2v) is 12.3. The number of benzene rings is 1. The molecule has 12 heteroatoms. The highest BCUT2D eigenvalue weighted by molar-refractivity contribution is 7.94. The van der Waals surface area contributed by atoms with Crippen LogP contribution in [0.25, 0.3) is 0 Å². The molecule has 2 fully saturated rings. The molecule has 4 rings (SSSR count). The molecule has 2 aliphatic rings. The van der Waals surface area contributed by atoms with Crippen LogP contribution >= 0.6 is 0 Å². The monoisotopic (exact) mass is 497 g/mol. The van der Waals surface area contributed by atoms with Gasteiger partial charge in [-0.05, 0) is 50.2 Å². The molecule has 10 nitrogen and oxygen atoms in total. The van der Waals surface area contributed by atoms with Gasteiger partial charge in [0.2, 0.25) is 26.0 Å². The Morgan fingerprint density at radius 2 is 1.79 bits per heavy atom. The van der Waals surface area contributed by atoms with E-state index in [4.69, 9.17) is 9.15 Å². The number of ether oxygens (including phenoxy) is 1. The summed E-state index contributed by atoms with van der Waals surface area (Å²) in [6, 6.07) is 8.51. The lowest BCUT2D eigenvalue weighted by Crippen LogP contribution is -2.43. The van der Waals surface area contributed by atoms with Gasteiger partial charge >= 0.3 is 0 Å². The van der Waals surface area contributed by atoms with Crippen molar-refractivity contribution in [1.82, 2.24) is 9.62 Å². The molecule has 1 aromatic carbocycles.